The van der Waals surface area contributed by atoms with Crippen LogP contribution in [0.3, 0.4) is 0 Å². The quantitative estimate of drug-likeness (QED) is 0.908. The van der Waals surface area contributed by atoms with Gasteiger partial charge in [-0.25, -0.2) is 8.51 Å². The van der Waals surface area contributed by atoms with Crippen molar-refractivity contribution in [2.24, 2.45) is 4.36 Å². The molecule has 0 heterocycles. The summed E-state index contributed by atoms with van der Waals surface area (Å²) in [6, 6.07) is 6.44. The third-order valence-electron chi connectivity index (χ3n) is 3.90. The van der Waals surface area contributed by atoms with E-state index in [1.165, 1.54) is 10.6 Å². The van der Waals surface area contributed by atoms with Gasteiger partial charge in [0.15, 0.2) is 0 Å². The minimum Gasteiger partial charge on any atom is -0.322 e. The molecule has 1 N–H and O–H groups in total. The maximum atomic E-state index is 12.1. The van der Waals surface area contributed by atoms with Crippen LogP contribution in [0, 0.1) is 0 Å². The van der Waals surface area contributed by atoms with Crippen molar-refractivity contribution < 1.29 is 13.8 Å². The van der Waals surface area contributed by atoms with Gasteiger partial charge in [0, 0.05) is 37.2 Å². The Morgan fingerprint density at radius 1 is 1.17 bits per heavy atom. The molecular formula is C17H23N3O3S. The summed E-state index contributed by atoms with van der Waals surface area (Å²) in [5.41, 5.74) is 1.77. The number of amides is 2. The Bertz CT molecular complexity index is 773. The number of hydrogen-bond acceptors (Lipinski definition) is 3. The minimum absolute atomic E-state index is 0.0948. The van der Waals surface area contributed by atoms with Crippen molar-refractivity contribution in [3.05, 3.63) is 41.5 Å². The lowest BCUT2D eigenvalue weighted by molar-refractivity contribution is -0.113. The van der Waals surface area contributed by atoms with Crippen LogP contribution in [0.5, 0.6) is 0 Å². The standard InChI is InChI=1S/C17H23N3O3S/c1-20(2)24(3,23)19-17(22)14-9-11-15(12-10-14)18-16(21)13-7-5-4-6-8-13/h7,9-12H,4-6,8H2,1-3H3,(H,18,21). The first-order chi connectivity index (χ1) is 11.3. The molecular weight excluding hydrogens is 326 g/mol. The van der Waals surface area contributed by atoms with E-state index < -0.39 is 15.8 Å². The molecule has 0 bridgehead atoms. The van der Waals surface area contributed by atoms with E-state index in [0.717, 1.165) is 31.3 Å². The van der Waals surface area contributed by atoms with Crippen molar-refractivity contribution in [1.29, 1.82) is 0 Å². The van der Waals surface area contributed by atoms with Gasteiger partial charge in [0.25, 0.3) is 11.8 Å². The molecule has 0 spiro atoms. The topological polar surface area (TPSA) is 78.8 Å². The Balaban J connectivity index is 2.08. The van der Waals surface area contributed by atoms with E-state index in [4.69, 9.17) is 0 Å². The zero-order valence-electron chi connectivity index (χ0n) is 14.2. The van der Waals surface area contributed by atoms with Crippen molar-refractivity contribution in [3.8, 4) is 0 Å². The van der Waals surface area contributed by atoms with Gasteiger partial charge in [0.05, 0.1) is 0 Å². The fourth-order valence-electron chi connectivity index (χ4n) is 2.24. The zero-order valence-corrected chi connectivity index (χ0v) is 15.1. The summed E-state index contributed by atoms with van der Waals surface area (Å²) >= 11 is 0. The maximum Gasteiger partial charge on any atom is 0.286 e. The predicted octanol–water partition coefficient (Wildman–Crippen LogP) is 2.84. The molecule has 1 aromatic carbocycles. The predicted molar refractivity (Wildman–Crippen MR) is 96.1 cm³/mol. The van der Waals surface area contributed by atoms with E-state index in [0.29, 0.717) is 11.3 Å². The number of nitrogens with zero attached hydrogens (tertiary/aromatic N) is 2. The number of carbonyl (C=O) groups is 2. The molecule has 0 aliphatic heterocycles. The number of hydrogen-bond donors (Lipinski definition) is 1. The molecule has 130 valence electrons. The molecule has 0 radical (unpaired) electrons. The molecule has 0 aromatic heterocycles. The van der Waals surface area contributed by atoms with Gasteiger partial charge in [-0.15, -0.1) is 4.36 Å². The van der Waals surface area contributed by atoms with Crippen LogP contribution in [0.25, 0.3) is 0 Å². The van der Waals surface area contributed by atoms with Gasteiger partial charge < -0.3 is 5.32 Å². The summed E-state index contributed by atoms with van der Waals surface area (Å²) in [7, 11) is 0.510. The van der Waals surface area contributed by atoms with Gasteiger partial charge >= 0.3 is 0 Å². The highest BCUT2D eigenvalue weighted by atomic mass is 32.2. The Kier molecular flexibility index (Phi) is 5.90. The molecule has 1 unspecified atom stereocenters. The van der Waals surface area contributed by atoms with Crippen LogP contribution < -0.4 is 5.32 Å². The summed E-state index contributed by atoms with van der Waals surface area (Å²) < 4.78 is 17.3. The second-order valence-electron chi connectivity index (χ2n) is 5.98. The Labute approximate surface area is 143 Å². The molecule has 1 aliphatic carbocycles. The third-order valence-corrected chi connectivity index (χ3v) is 5.76. The number of nitrogens with one attached hydrogen (secondary N) is 1. The van der Waals surface area contributed by atoms with Crippen LogP contribution in [0.2, 0.25) is 0 Å². The van der Waals surface area contributed by atoms with Crippen LogP contribution in [-0.4, -0.2) is 40.7 Å². The molecule has 6 nitrogen and oxygen atoms in total. The fraction of sp³-hybridized carbons (Fsp3) is 0.412. The van der Waals surface area contributed by atoms with Gasteiger partial charge in [-0.05, 0) is 49.9 Å². The lowest BCUT2D eigenvalue weighted by Crippen LogP contribution is -2.21. The van der Waals surface area contributed by atoms with E-state index in [-0.39, 0.29) is 5.91 Å². The highest BCUT2D eigenvalue weighted by Gasteiger charge is 2.13. The van der Waals surface area contributed by atoms with Crippen LogP contribution in [-0.2, 0) is 14.7 Å². The molecule has 2 amide bonds. The number of benzene rings is 1. The molecule has 1 atom stereocenters. The molecule has 2 rings (SSSR count). The summed E-state index contributed by atoms with van der Waals surface area (Å²) in [5.74, 6) is -0.633. The molecule has 0 saturated heterocycles. The molecule has 24 heavy (non-hydrogen) atoms. The smallest absolute Gasteiger partial charge is 0.286 e. The number of rotatable bonds is 4. The second-order valence-corrected chi connectivity index (χ2v) is 8.42. The van der Waals surface area contributed by atoms with E-state index in [2.05, 4.69) is 9.68 Å². The third kappa shape index (κ3) is 4.75. The first-order valence-electron chi connectivity index (χ1n) is 7.84. The highest BCUT2D eigenvalue weighted by Crippen LogP contribution is 2.19. The number of anilines is 1. The summed E-state index contributed by atoms with van der Waals surface area (Å²) in [4.78, 5) is 24.2. The Morgan fingerprint density at radius 2 is 1.83 bits per heavy atom. The minimum atomic E-state index is -2.71. The zero-order chi connectivity index (χ0) is 17.7. The fourth-order valence-corrected chi connectivity index (χ4v) is 2.82. The van der Waals surface area contributed by atoms with E-state index in [9.17, 15) is 13.8 Å². The summed E-state index contributed by atoms with van der Waals surface area (Å²) in [6.07, 6.45) is 7.31. The first-order valence-corrected chi connectivity index (χ1v) is 9.72. The van der Waals surface area contributed by atoms with Crippen molar-refractivity contribution in [2.75, 3.05) is 25.7 Å². The normalized spacial score (nSPS) is 16.9. The van der Waals surface area contributed by atoms with Gasteiger partial charge in [0.1, 0.15) is 9.92 Å². The van der Waals surface area contributed by atoms with Crippen LogP contribution >= 0.6 is 0 Å². The second kappa shape index (κ2) is 7.72. The van der Waals surface area contributed by atoms with E-state index in [1.807, 2.05) is 6.08 Å². The molecule has 0 fully saturated rings. The van der Waals surface area contributed by atoms with E-state index >= 15 is 0 Å². The largest absolute Gasteiger partial charge is 0.322 e. The molecule has 0 saturated carbocycles. The molecule has 7 heteroatoms. The van der Waals surface area contributed by atoms with Crippen molar-refractivity contribution >= 4 is 27.4 Å². The number of allylic oxidation sites excluding steroid dienone is 1. The summed E-state index contributed by atoms with van der Waals surface area (Å²) in [6.45, 7) is 0. The SMILES string of the molecule is CN(C)S(C)(=O)=NC(=O)c1ccc(NC(=O)C2=CCCCC2)cc1. The van der Waals surface area contributed by atoms with Crippen molar-refractivity contribution in [2.45, 2.75) is 25.7 Å². The molecule has 1 aromatic rings. The van der Waals surface area contributed by atoms with Crippen LogP contribution in [0.15, 0.2) is 40.3 Å². The summed E-state index contributed by atoms with van der Waals surface area (Å²) in [5, 5.41) is 2.83. The van der Waals surface area contributed by atoms with E-state index in [1.54, 1.807) is 38.4 Å². The average Bonchev–Trinajstić information content (AvgIpc) is 2.55. The number of carbonyl (C=O) groups excluding carboxylic acids is 2. The van der Waals surface area contributed by atoms with Crippen LogP contribution in [0.1, 0.15) is 36.0 Å². The average molecular weight is 349 g/mol. The van der Waals surface area contributed by atoms with Crippen LogP contribution in [0.4, 0.5) is 5.69 Å². The van der Waals surface area contributed by atoms with Crippen molar-refractivity contribution in [3.63, 3.8) is 0 Å². The first kappa shape index (κ1) is 18.4. The van der Waals surface area contributed by atoms with Gasteiger partial charge in [-0.3, -0.25) is 9.59 Å². The lowest BCUT2D eigenvalue weighted by Gasteiger charge is -2.13. The Hall–Kier alpha value is -1.99. The van der Waals surface area contributed by atoms with Gasteiger partial charge in [0.2, 0.25) is 0 Å². The maximum absolute atomic E-state index is 12.1. The highest BCUT2D eigenvalue weighted by molar-refractivity contribution is 7.90. The lowest BCUT2D eigenvalue weighted by atomic mass is 9.99. The molecule has 1 aliphatic rings. The Morgan fingerprint density at radius 3 is 2.38 bits per heavy atom. The monoisotopic (exact) mass is 349 g/mol. The van der Waals surface area contributed by atoms with Crippen molar-refractivity contribution in [1.82, 2.24) is 4.31 Å². The van der Waals surface area contributed by atoms with Gasteiger partial charge in [-0.1, -0.05) is 6.08 Å². The van der Waals surface area contributed by atoms with Gasteiger partial charge in [-0.2, -0.15) is 0 Å².